The average molecular weight is 356 g/mol. The summed E-state index contributed by atoms with van der Waals surface area (Å²) in [7, 11) is 1.57. The predicted molar refractivity (Wildman–Crippen MR) is 98.5 cm³/mol. The molecular formula is C19H24N4O3. The molecule has 0 aliphatic carbocycles. The van der Waals surface area contributed by atoms with E-state index in [0.29, 0.717) is 24.8 Å². The van der Waals surface area contributed by atoms with Gasteiger partial charge < -0.3 is 19.7 Å². The second-order valence-corrected chi connectivity index (χ2v) is 6.27. The quantitative estimate of drug-likeness (QED) is 0.856. The maximum atomic E-state index is 12.4. The number of piperidine rings is 1. The SMILES string of the molecule is COc1nccnc1NC1CCN(C(=O)COc2ccccc2C)CC1. The van der Waals surface area contributed by atoms with E-state index in [-0.39, 0.29) is 18.6 Å². The second kappa shape index (κ2) is 8.51. The summed E-state index contributed by atoms with van der Waals surface area (Å²) >= 11 is 0. The fourth-order valence-electron chi connectivity index (χ4n) is 2.99. The molecule has 0 saturated carbocycles. The number of likely N-dealkylation sites (tertiary alicyclic amines) is 1. The number of carbonyl (C=O) groups excluding carboxylic acids is 1. The van der Waals surface area contributed by atoms with Crippen LogP contribution in [0, 0.1) is 6.92 Å². The number of anilines is 1. The van der Waals surface area contributed by atoms with Crippen molar-refractivity contribution in [3.63, 3.8) is 0 Å². The predicted octanol–water partition coefficient (Wildman–Crippen LogP) is 2.28. The fourth-order valence-corrected chi connectivity index (χ4v) is 2.99. The normalized spacial score (nSPS) is 14.8. The molecule has 7 nitrogen and oxygen atoms in total. The molecule has 0 radical (unpaired) electrons. The van der Waals surface area contributed by atoms with Crippen LogP contribution in [0.4, 0.5) is 5.82 Å². The Balaban J connectivity index is 1.47. The monoisotopic (exact) mass is 356 g/mol. The van der Waals surface area contributed by atoms with Crippen molar-refractivity contribution in [2.24, 2.45) is 0 Å². The Hall–Kier alpha value is -2.83. The van der Waals surface area contributed by atoms with Crippen LogP contribution >= 0.6 is 0 Å². The summed E-state index contributed by atoms with van der Waals surface area (Å²) in [5, 5.41) is 3.36. The van der Waals surface area contributed by atoms with Gasteiger partial charge in [0.05, 0.1) is 7.11 Å². The van der Waals surface area contributed by atoms with Crippen LogP contribution in [0.5, 0.6) is 11.6 Å². The van der Waals surface area contributed by atoms with Crippen molar-refractivity contribution in [1.29, 1.82) is 0 Å². The van der Waals surface area contributed by atoms with Crippen LogP contribution in [-0.2, 0) is 4.79 Å². The van der Waals surface area contributed by atoms with Gasteiger partial charge >= 0.3 is 0 Å². The van der Waals surface area contributed by atoms with Crippen molar-refractivity contribution in [2.75, 3.05) is 32.1 Å². The molecule has 1 N–H and O–H groups in total. The van der Waals surface area contributed by atoms with Crippen LogP contribution in [0.3, 0.4) is 0 Å². The highest BCUT2D eigenvalue weighted by Crippen LogP contribution is 2.22. The van der Waals surface area contributed by atoms with Gasteiger partial charge in [-0.05, 0) is 31.4 Å². The molecule has 0 spiro atoms. The number of hydrogen-bond donors (Lipinski definition) is 1. The molecule has 3 rings (SSSR count). The molecule has 1 saturated heterocycles. The van der Waals surface area contributed by atoms with Gasteiger partial charge in [-0.15, -0.1) is 0 Å². The van der Waals surface area contributed by atoms with Crippen LogP contribution in [-0.4, -0.2) is 53.6 Å². The number of aromatic nitrogens is 2. The number of nitrogens with one attached hydrogen (secondary N) is 1. The standard InChI is InChI=1S/C19H24N4O3/c1-14-5-3-4-6-16(14)26-13-17(24)23-11-7-15(8-12-23)22-18-19(25-2)21-10-9-20-18/h3-6,9-10,15H,7-8,11-13H2,1-2H3,(H,20,22). The smallest absolute Gasteiger partial charge is 0.260 e. The van der Waals surface area contributed by atoms with Crippen LogP contribution in [0.1, 0.15) is 18.4 Å². The number of benzene rings is 1. The topological polar surface area (TPSA) is 76.6 Å². The Bertz CT molecular complexity index is 745. The molecular weight excluding hydrogens is 332 g/mol. The van der Waals surface area contributed by atoms with Gasteiger partial charge in [0.2, 0.25) is 0 Å². The first-order valence-corrected chi connectivity index (χ1v) is 8.75. The summed E-state index contributed by atoms with van der Waals surface area (Å²) in [6.07, 6.45) is 4.91. The minimum absolute atomic E-state index is 0.0174. The summed E-state index contributed by atoms with van der Waals surface area (Å²) < 4.78 is 10.9. The lowest BCUT2D eigenvalue weighted by molar-refractivity contribution is -0.134. The highest BCUT2D eigenvalue weighted by Gasteiger charge is 2.24. The molecule has 1 aromatic carbocycles. The van der Waals surface area contributed by atoms with E-state index in [4.69, 9.17) is 9.47 Å². The summed E-state index contributed by atoms with van der Waals surface area (Å²) in [4.78, 5) is 22.6. The second-order valence-electron chi connectivity index (χ2n) is 6.27. The third kappa shape index (κ3) is 4.41. The Morgan fingerprint density at radius 1 is 1.23 bits per heavy atom. The van der Waals surface area contributed by atoms with Crippen LogP contribution in [0.15, 0.2) is 36.7 Å². The van der Waals surface area contributed by atoms with E-state index in [2.05, 4.69) is 15.3 Å². The molecule has 2 aromatic rings. The van der Waals surface area contributed by atoms with Crippen LogP contribution in [0.2, 0.25) is 0 Å². The zero-order valence-corrected chi connectivity index (χ0v) is 15.1. The first-order chi connectivity index (χ1) is 12.7. The molecule has 1 aromatic heterocycles. The largest absolute Gasteiger partial charge is 0.484 e. The Labute approximate surface area is 153 Å². The molecule has 138 valence electrons. The molecule has 26 heavy (non-hydrogen) atoms. The lowest BCUT2D eigenvalue weighted by Gasteiger charge is -2.32. The lowest BCUT2D eigenvalue weighted by atomic mass is 10.1. The first kappa shape index (κ1) is 18.0. The minimum atomic E-state index is 0.0174. The molecule has 1 fully saturated rings. The number of methoxy groups -OCH3 is 1. The fraction of sp³-hybridized carbons (Fsp3) is 0.421. The van der Waals surface area contributed by atoms with E-state index in [9.17, 15) is 4.79 Å². The van der Waals surface area contributed by atoms with Crippen LogP contribution < -0.4 is 14.8 Å². The number of nitrogens with zero attached hydrogens (tertiary/aromatic N) is 3. The molecule has 0 unspecified atom stereocenters. The summed E-state index contributed by atoms with van der Waals surface area (Å²) in [6.45, 7) is 3.42. The number of ether oxygens (including phenoxy) is 2. The van der Waals surface area contributed by atoms with Crippen molar-refractivity contribution in [3.8, 4) is 11.6 Å². The summed E-state index contributed by atoms with van der Waals surface area (Å²) in [5.41, 5.74) is 1.03. The summed E-state index contributed by atoms with van der Waals surface area (Å²) in [5.74, 6) is 1.90. The van der Waals surface area contributed by atoms with Gasteiger partial charge in [0.15, 0.2) is 12.4 Å². The maximum Gasteiger partial charge on any atom is 0.260 e. The maximum absolute atomic E-state index is 12.4. The third-order valence-corrected chi connectivity index (χ3v) is 4.49. The Morgan fingerprint density at radius 3 is 2.69 bits per heavy atom. The zero-order chi connectivity index (χ0) is 18.4. The number of hydrogen-bond acceptors (Lipinski definition) is 6. The first-order valence-electron chi connectivity index (χ1n) is 8.75. The number of aryl methyl sites for hydroxylation is 1. The van der Waals surface area contributed by atoms with Gasteiger partial charge in [0, 0.05) is 31.5 Å². The molecule has 2 heterocycles. The molecule has 1 aliphatic rings. The van der Waals surface area contributed by atoms with Crippen molar-refractivity contribution < 1.29 is 14.3 Å². The van der Waals surface area contributed by atoms with Crippen molar-refractivity contribution in [3.05, 3.63) is 42.2 Å². The molecule has 0 bridgehead atoms. The highest BCUT2D eigenvalue weighted by atomic mass is 16.5. The number of rotatable bonds is 6. The zero-order valence-electron chi connectivity index (χ0n) is 15.1. The van der Waals surface area contributed by atoms with Gasteiger partial charge in [-0.3, -0.25) is 4.79 Å². The van der Waals surface area contributed by atoms with E-state index < -0.39 is 0 Å². The minimum Gasteiger partial charge on any atom is -0.484 e. The highest BCUT2D eigenvalue weighted by molar-refractivity contribution is 5.78. The molecule has 7 heteroatoms. The van der Waals surface area contributed by atoms with Crippen molar-refractivity contribution >= 4 is 11.7 Å². The van der Waals surface area contributed by atoms with Gasteiger partial charge in [-0.1, -0.05) is 18.2 Å². The van der Waals surface area contributed by atoms with E-state index in [1.807, 2.05) is 36.1 Å². The molecule has 0 atom stereocenters. The Kier molecular flexibility index (Phi) is 5.88. The summed E-state index contributed by atoms with van der Waals surface area (Å²) in [6, 6.07) is 7.95. The van der Waals surface area contributed by atoms with Gasteiger partial charge in [-0.2, -0.15) is 0 Å². The van der Waals surface area contributed by atoms with Gasteiger partial charge in [0.1, 0.15) is 5.75 Å². The molecule has 1 amide bonds. The lowest BCUT2D eigenvalue weighted by Crippen LogP contribution is -2.44. The number of amides is 1. The van der Waals surface area contributed by atoms with Gasteiger partial charge in [0.25, 0.3) is 11.8 Å². The van der Waals surface area contributed by atoms with E-state index in [0.717, 1.165) is 24.2 Å². The van der Waals surface area contributed by atoms with E-state index >= 15 is 0 Å². The Morgan fingerprint density at radius 2 is 1.96 bits per heavy atom. The number of carbonyl (C=O) groups is 1. The third-order valence-electron chi connectivity index (χ3n) is 4.49. The van der Waals surface area contributed by atoms with Gasteiger partial charge in [-0.25, -0.2) is 9.97 Å². The van der Waals surface area contributed by atoms with Crippen molar-refractivity contribution in [1.82, 2.24) is 14.9 Å². The van der Waals surface area contributed by atoms with Crippen LogP contribution in [0.25, 0.3) is 0 Å². The van der Waals surface area contributed by atoms with E-state index in [1.54, 1.807) is 19.5 Å². The molecule has 1 aliphatic heterocycles. The average Bonchev–Trinajstić information content (AvgIpc) is 2.68. The number of para-hydroxylation sites is 1. The van der Waals surface area contributed by atoms with Crippen molar-refractivity contribution in [2.45, 2.75) is 25.8 Å². The van der Waals surface area contributed by atoms with E-state index in [1.165, 1.54) is 0 Å².